The van der Waals surface area contributed by atoms with E-state index in [4.69, 9.17) is 14.2 Å². The van der Waals surface area contributed by atoms with E-state index in [0.717, 1.165) is 11.4 Å². The number of nitrogens with zero attached hydrogens (tertiary/aromatic N) is 4. The van der Waals surface area contributed by atoms with Crippen molar-refractivity contribution < 1.29 is 19.0 Å². The maximum atomic E-state index is 12.2. The van der Waals surface area contributed by atoms with E-state index >= 15 is 0 Å². The highest BCUT2D eigenvalue weighted by molar-refractivity contribution is 5.91. The van der Waals surface area contributed by atoms with Gasteiger partial charge in [0.05, 0.1) is 12.8 Å². The lowest BCUT2D eigenvalue weighted by molar-refractivity contribution is -0.118. The van der Waals surface area contributed by atoms with Crippen molar-refractivity contribution in [3.63, 3.8) is 0 Å². The predicted octanol–water partition coefficient (Wildman–Crippen LogP) is 4.10. The van der Waals surface area contributed by atoms with Crippen molar-refractivity contribution in [1.82, 2.24) is 19.7 Å². The Morgan fingerprint density at radius 3 is 2.45 bits per heavy atom. The Morgan fingerprint density at radius 1 is 1.00 bits per heavy atom. The number of rotatable bonds is 8. The smallest absolute Gasteiger partial charge is 0.262 e. The van der Waals surface area contributed by atoms with E-state index in [0.29, 0.717) is 34.6 Å². The van der Waals surface area contributed by atoms with Crippen LogP contribution in [-0.4, -0.2) is 39.4 Å². The second-order valence-corrected chi connectivity index (χ2v) is 7.17. The number of para-hydroxylation sites is 2. The number of amides is 1. The van der Waals surface area contributed by atoms with Gasteiger partial charge in [0, 0.05) is 17.4 Å². The SMILES string of the molecule is COc1ccccc1OCC(=O)Nc1ccc(Oc2cc(-n3nc(C)cc3C)ncn2)cc1. The summed E-state index contributed by atoms with van der Waals surface area (Å²) in [5.41, 5.74) is 2.48. The van der Waals surface area contributed by atoms with E-state index in [1.807, 2.05) is 32.0 Å². The lowest BCUT2D eigenvalue weighted by atomic mass is 10.3. The second-order valence-electron chi connectivity index (χ2n) is 7.17. The van der Waals surface area contributed by atoms with Crippen molar-refractivity contribution in [2.45, 2.75) is 13.8 Å². The quantitative estimate of drug-likeness (QED) is 0.436. The summed E-state index contributed by atoms with van der Waals surface area (Å²) in [5.74, 6) is 2.34. The van der Waals surface area contributed by atoms with Gasteiger partial charge < -0.3 is 19.5 Å². The number of benzene rings is 2. The molecule has 0 fully saturated rings. The summed E-state index contributed by atoms with van der Waals surface area (Å²) in [4.78, 5) is 20.7. The Morgan fingerprint density at radius 2 is 1.76 bits per heavy atom. The molecule has 4 rings (SSSR count). The summed E-state index contributed by atoms with van der Waals surface area (Å²) in [7, 11) is 1.55. The standard InChI is InChI=1S/C24H23N5O4/c1-16-12-17(2)29(28-16)22-13-24(26-15-25-22)33-19-10-8-18(9-11-19)27-23(30)14-32-21-7-5-4-6-20(21)31-3/h4-13,15H,14H2,1-3H3,(H,27,30). The molecule has 33 heavy (non-hydrogen) atoms. The van der Waals surface area contributed by atoms with Crippen LogP contribution < -0.4 is 19.5 Å². The number of carbonyl (C=O) groups excluding carboxylic acids is 1. The highest BCUT2D eigenvalue weighted by Gasteiger charge is 2.09. The van der Waals surface area contributed by atoms with Gasteiger partial charge in [-0.25, -0.2) is 14.6 Å². The van der Waals surface area contributed by atoms with Gasteiger partial charge in [0.15, 0.2) is 23.9 Å². The van der Waals surface area contributed by atoms with Gasteiger partial charge in [-0.05, 0) is 56.3 Å². The Hall–Kier alpha value is -4.40. The molecule has 0 atom stereocenters. The first-order chi connectivity index (χ1) is 16.0. The molecule has 9 nitrogen and oxygen atoms in total. The number of ether oxygens (including phenoxy) is 3. The van der Waals surface area contributed by atoms with Crippen molar-refractivity contribution in [1.29, 1.82) is 0 Å². The summed E-state index contributed by atoms with van der Waals surface area (Å²) in [6.07, 6.45) is 1.43. The Labute approximate surface area is 191 Å². The van der Waals surface area contributed by atoms with E-state index in [9.17, 15) is 4.79 Å². The molecule has 2 heterocycles. The van der Waals surface area contributed by atoms with Crippen molar-refractivity contribution in [3.8, 4) is 28.9 Å². The number of aryl methyl sites for hydroxylation is 2. The van der Waals surface area contributed by atoms with E-state index in [1.54, 1.807) is 54.3 Å². The molecule has 2 aromatic carbocycles. The molecule has 1 N–H and O–H groups in total. The number of hydrogen-bond donors (Lipinski definition) is 1. The van der Waals surface area contributed by atoms with Crippen LogP contribution >= 0.6 is 0 Å². The van der Waals surface area contributed by atoms with Gasteiger partial charge in [0.1, 0.15) is 12.1 Å². The summed E-state index contributed by atoms with van der Waals surface area (Å²) in [5, 5.41) is 7.21. The first kappa shape index (κ1) is 21.8. The molecule has 0 radical (unpaired) electrons. The number of aromatic nitrogens is 4. The molecule has 0 bridgehead atoms. The zero-order valence-corrected chi connectivity index (χ0v) is 18.5. The molecule has 0 unspecified atom stereocenters. The lowest BCUT2D eigenvalue weighted by Crippen LogP contribution is -2.20. The van der Waals surface area contributed by atoms with Crippen LogP contribution in [0.3, 0.4) is 0 Å². The van der Waals surface area contributed by atoms with Crippen LogP contribution in [0, 0.1) is 13.8 Å². The van der Waals surface area contributed by atoms with Crippen LogP contribution in [0.5, 0.6) is 23.1 Å². The van der Waals surface area contributed by atoms with Gasteiger partial charge in [0.2, 0.25) is 5.88 Å². The van der Waals surface area contributed by atoms with Crippen LogP contribution in [0.15, 0.2) is 67.0 Å². The third-order valence-electron chi connectivity index (χ3n) is 4.64. The first-order valence-corrected chi connectivity index (χ1v) is 10.2. The molecule has 168 valence electrons. The summed E-state index contributed by atoms with van der Waals surface area (Å²) in [6, 6.07) is 17.8. The van der Waals surface area contributed by atoms with Gasteiger partial charge in [-0.3, -0.25) is 4.79 Å². The third-order valence-corrected chi connectivity index (χ3v) is 4.64. The van der Waals surface area contributed by atoms with Gasteiger partial charge in [-0.1, -0.05) is 12.1 Å². The highest BCUT2D eigenvalue weighted by Crippen LogP contribution is 2.26. The highest BCUT2D eigenvalue weighted by atomic mass is 16.5. The van der Waals surface area contributed by atoms with Gasteiger partial charge in [0.25, 0.3) is 5.91 Å². The number of nitrogens with one attached hydrogen (secondary N) is 1. The summed E-state index contributed by atoms with van der Waals surface area (Å²) >= 11 is 0. The van der Waals surface area contributed by atoms with Crippen LogP contribution in [0.4, 0.5) is 5.69 Å². The molecule has 0 aliphatic carbocycles. The maximum Gasteiger partial charge on any atom is 0.262 e. The lowest BCUT2D eigenvalue weighted by Gasteiger charge is -2.11. The van der Waals surface area contributed by atoms with Crippen molar-refractivity contribution >= 4 is 11.6 Å². The molecular formula is C24H23N5O4. The van der Waals surface area contributed by atoms with Crippen LogP contribution in [0.2, 0.25) is 0 Å². The molecule has 4 aromatic rings. The van der Waals surface area contributed by atoms with Gasteiger partial charge in [-0.2, -0.15) is 5.10 Å². The number of hydrogen-bond acceptors (Lipinski definition) is 7. The molecule has 0 spiro atoms. The van der Waals surface area contributed by atoms with E-state index in [2.05, 4.69) is 20.4 Å². The fourth-order valence-corrected chi connectivity index (χ4v) is 3.17. The van der Waals surface area contributed by atoms with Crippen molar-refractivity contribution in [2.75, 3.05) is 19.0 Å². The minimum Gasteiger partial charge on any atom is -0.493 e. The van der Waals surface area contributed by atoms with E-state index in [-0.39, 0.29) is 12.5 Å². The second kappa shape index (κ2) is 9.82. The number of anilines is 1. The fraction of sp³-hybridized carbons (Fsp3) is 0.167. The number of methoxy groups -OCH3 is 1. The minimum atomic E-state index is -0.292. The van der Waals surface area contributed by atoms with Crippen LogP contribution in [0.25, 0.3) is 5.82 Å². The van der Waals surface area contributed by atoms with E-state index < -0.39 is 0 Å². The van der Waals surface area contributed by atoms with Crippen molar-refractivity contribution in [2.24, 2.45) is 0 Å². The van der Waals surface area contributed by atoms with Crippen LogP contribution in [-0.2, 0) is 4.79 Å². The van der Waals surface area contributed by atoms with Crippen molar-refractivity contribution in [3.05, 3.63) is 78.4 Å². The van der Waals surface area contributed by atoms with Gasteiger partial charge in [-0.15, -0.1) is 0 Å². The molecule has 0 aliphatic rings. The first-order valence-electron chi connectivity index (χ1n) is 10.2. The van der Waals surface area contributed by atoms with Crippen LogP contribution in [0.1, 0.15) is 11.4 Å². The molecule has 0 saturated carbocycles. The maximum absolute atomic E-state index is 12.2. The predicted molar refractivity (Wildman–Crippen MR) is 122 cm³/mol. The zero-order valence-electron chi connectivity index (χ0n) is 18.5. The topological polar surface area (TPSA) is 100 Å². The molecule has 0 aliphatic heterocycles. The summed E-state index contributed by atoms with van der Waals surface area (Å²) < 4.78 is 18.3. The monoisotopic (exact) mass is 445 g/mol. The average Bonchev–Trinajstić information content (AvgIpc) is 3.17. The Kier molecular flexibility index (Phi) is 6.49. The fourth-order valence-electron chi connectivity index (χ4n) is 3.17. The normalized spacial score (nSPS) is 10.5. The molecular weight excluding hydrogens is 422 g/mol. The third kappa shape index (κ3) is 5.45. The molecule has 1 amide bonds. The van der Waals surface area contributed by atoms with Gasteiger partial charge >= 0.3 is 0 Å². The Balaban J connectivity index is 1.35. The Bertz CT molecular complexity index is 1250. The average molecular weight is 445 g/mol. The zero-order chi connectivity index (χ0) is 23.2. The minimum absolute atomic E-state index is 0.144. The summed E-state index contributed by atoms with van der Waals surface area (Å²) in [6.45, 7) is 3.73. The van der Waals surface area contributed by atoms with E-state index in [1.165, 1.54) is 6.33 Å². The molecule has 2 aromatic heterocycles. The molecule has 0 saturated heterocycles. The number of carbonyl (C=O) groups is 1. The largest absolute Gasteiger partial charge is 0.493 e. The molecule has 9 heteroatoms.